The third kappa shape index (κ3) is 3.78. The van der Waals surface area contributed by atoms with Gasteiger partial charge in [-0.2, -0.15) is 0 Å². The smallest absolute Gasteiger partial charge is 0.154 e. The van der Waals surface area contributed by atoms with Crippen LogP contribution in [-0.4, -0.2) is 22.2 Å². The summed E-state index contributed by atoms with van der Waals surface area (Å²) in [5, 5.41) is 13.9. The van der Waals surface area contributed by atoms with Gasteiger partial charge in [0.25, 0.3) is 0 Å². The maximum Gasteiger partial charge on any atom is 0.154 e. The normalized spacial score (nSPS) is 11.0. The number of nitrogens with zero attached hydrogens (tertiary/aromatic N) is 2. The van der Waals surface area contributed by atoms with Gasteiger partial charge in [-0.1, -0.05) is 36.4 Å². The van der Waals surface area contributed by atoms with Gasteiger partial charge in [0.05, 0.1) is 12.6 Å². The number of rotatable bonds is 5. The van der Waals surface area contributed by atoms with Crippen LogP contribution in [0.1, 0.15) is 11.4 Å². The molecule has 138 valence electrons. The van der Waals surface area contributed by atoms with Crippen LogP contribution in [0, 0.1) is 0 Å². The van der Waals surface area contributed by atoms with Crippen LogP contribution in [0.15, 0.2) is 72.8 Å². The third-order valence-corrected chi connectivity index (χ3v) is 4.28. The highest BCUT2D eigenvalue weighted by molar-refractivity contribution is 5.91. The predicted octanol–water partition coefficient (Wildman–Crippen LogP) is 5.26. The SMILES string of the molecule is COc1ccccc1/C=C/c1nc(Nc2cccc(O)c2)c2ccccc2n1. The molecule has 0 amide bonds. The molecule has 28 heavy (non-hydrogen) atoms. The molecular formula is C23H19N3O2. The van der Waals surface area contributed by atoms with Crippen LogP contribution < -0.4 is 10.1 Å². The largest absolute Gasteiger partial charge is 0.508 e. The molecule has 0 aliphatic carbocycles. The number of hydrogen-bond acceptors (Lipinski definition) is 5. The van der Waals surface area contributed by atoms with Crippen molar-refractivity contribution in [2.45, 2.75) is 0 Å². The number of para-hydroxylation sites is 2. The summed E-state index contributed by atoms with van der Waals surface area (Å²) in [5.41, 5.74) is 2.53. The van der Waals surface area contributed by atoms with Gasteiger partial charge in [-0.3, -0.25) is 0 Å². The first-order chi connectivity index (χ1) is 13.7. The molecule has 2 N–H and O–H groups in total. The molecule has 0 atom stereocenters. The van der Waals surface area contributed by atoms with E-state index in [1.807, 2.05) is 66.7 Å². The monoisotopic (exact) mass is 369 g/mol. The van der Waals surface area contributed by atoms with Crippen molar-refractivity contribution in [1.82, 2.24) is 9.97 Å². The predicted molar refractivity (Wildman–Crippen MR) is 113 cm³/mol. The number of ether oxygens (including phenoxy) is 1. The van der Waals surface area contributed by atoms with E-state index in [1.165, 1.54) is 0 Å². The zero-order chi connectivity index (χ0) is 19.3. The van der Waals surface area contributed by atoms with Crippen molar-refractivity contribution in [3.05, 3.63) is 84.2 Å². The summed E-state index contributed by atoms with van der Waals surface area (Å²) in [4.78, 5) is 9.30. The first kappa shape index (κ1) is 17.5. The highest BCUT2D eigenvalue weighted by Gasteiger charge is 2.07. The minimum Gasteiger partial charge on any atom is -0.508 e. The first-order valence-corrected chi connectivity index (χ1v) is 8.87. The van der Waals surface area contributed by atoms with Gasteiger partial charge in [0.15, 0.2) is 5.82 Å². The van der Waals surface area contributed by atoms with Crippen molar-refractivity contribution < 1.29 is 9.84 Å². The number of aromatic nitrogens is 2. The van der Waals surface area contributed by atoms with E-state index in [0.717, 1.165) is 27.9 Å². The van der Waals surface area contributed by atoms with Crippen LogP contribution >= 0.6 is 0 Å². The number of fused-ring (bicyclic) bond motifs is 1. The number of benzene rings is 3. The summed E-state index contributed by atoms with van der Waals surface area (Å²) in [6.45, 7) is 0. The van der Waals surface area contributed by atoms with Crippen LogP contribution in [0.4, 0.5) is 11.5 Å². The van der Waals surface area contributed by atoms with Crippen molar-refractivity contribution in [2.75, 3.05) is 12.4 Å². The lowest BCUT2D eigenvalue weighted by atomic mass is 10.2. The summed E-state index contributed by atoms with van der Waals surface area (Å²) >= 11 is 0. The van der Waals surface area contributed by atoms with Crippen molar-refractivity contribution in [2.24, 2.45) is 0 Å². The van der Waals surface area contributed by atoms with Gasteiger partial charge in [0.2, 0.25) is 0 Å². The maximum absolute atomic E-state index is 9.72. The van der Waals surface area contributed by atoms with Gasteiger partial charge >= 0.3 is 0 Å². The highest BCUT2D eigenvalue weighted by Crippen LogP contribution is 2.26. The summed E-state index contributed by atoms with van der Waals surface area (Å²) in [5.74, 6) is 2.24. The molecular weight excluding hydrogens is 350 g/mol. The molecule has 0 saturated heterocycles. The van der Waals surface area contributed by atoms with E-state index >= 15 is 0 Å². The molecule has 0 unspecified atom stereocenters. The molecule has 5 nitrogen and oxygen atoms in total. The van der Waals surface area contributed by atoms with Crippen LogP contribution in [0.3, 0.4) is 0 Å². The molecule has 0 saturated carbocycles. The van der Waals surface area contributed by atoms with Crippen LogP contribution in [0.5, 0.6) is 11.5 Å². The number of phenols is 1. The number of nitrogens with one attached hydrogen (secondary N) is 1. The number of hydrogen-bond donors (Lipinski definition) is 2. The zero-order valence-electron chi connectivity index (χ0n) is 15.3. The molecule has 3 aromatic carbocycles. The van der Waals surface area contributed by atoms with Crippen molar-refractivity contribution >= 4 is 34.6 Å². The highest BCUT2D eigenvalue weighted by atomic mass is 16.5. The van der Waals surface area contributed by atoms with Gasteiger partial charge in [0, 0.05) is 22.7 Å². The second-order valence-electron chi connectivity index (χ2n) is 6.20. The van der Waals surface area contributed by atoms with Gasteiger partial charge in [-0.25, -0.2) is 9.97 Å². The molecule has 0 bridgehead atoms. The Hall–Kier alpha value is -3.86. The molecule has 5 heteroatoms. The Kier molecular flexibility index (Phi) is 4.89. The summed E-state index contributed by atoms with van der Waals surface area (Å²) in [6.07, 6.45) is 3.79. The maximum atomic E-state index is 9.72. The van der Waals surface area contributed by atoms with Crippen LogP contribution in [-0.2, 0) is 0 Å². The minimum atomic E-state index is 0.194. The number of anilines is 2. The van der Waals surface area contributed by atoms with Crippen LogP contribution in [0.2, 0.25) is 0 Å². The average Bonchev–Trinajstić information content (AvgIpc) is 2.72. The molecule has 0 aliphatic heterocycles. The molecule has 1 aromatic heterocycles. The van der Waals surface area contributed by atoms with Crippen molar-refractivity contribution in [3.8, 4) is 11.5 Å². The van der Waals surface area contributed by atoms with E-state index < -0.39 is 0 Å². The Morgan fingerprint density at radius 3 is 2.57 bits per heavy atom. The molecule has 1 heterocycles. The molecule has 0 spiro atoms. The van der Waals surface area contributed by atoms with Gasteiger partial charge < -0.3 is 15.2 Å². The van der Waals surface area contributed by atoms with E-state index in [2.05, 4.69) is 15.3 Å². The van der Waals surface area contributed by atoms with Crippen LogP contribution in [0.25, 0.3) is 23.1 Å². The lowest BCUT2D eigenvalue weighted by Gasteiger charge is -2.10. The molecule has 4 aromatic rings. The van der Waals surface area contributed by atoms with E-state index in [1.54, 1.807) is 25.3 Å². The average molecular weight is 369 g/mol. The van der Waals surface area contributed by atoms with Gasteiger partial charge in [-0.15, -0.1) is 0 Å². The second-order valence-corrected chi connectivity index (χ2v) is 6.20. The summed E-state index contributed by atoms with van der Waals surface area (Å²) in [6, 6.07) is 22.5. The number of aromatic hydroxyl groups is 1. The van der Waals surface area contributed by atoms with Gasteiger partial charge in [0.1, 0.15) is 17.3 Å². The number of methoxy groups -OCH3 is 1. The van der Waals surface area contributed by atoms with Gasteiger partial charge in [-0.05, 0) is 42.5 Å². The van der Waals surface area contributed by atoms with Crippen molar-refractivity contribution in [3.63, 3.8) is 0 Å². The van der Waals surface area contributed by atoms with E-state index in [-0.39, 0.29) is 5.75 Å². The minimum absolute atomic E-state index is 0.194. The van der Waals surface area contributed by atoms with E-state index in [4.69, 9.17) is 4.74 Å². The third-order valence-electron chi connectivity index (χ3n) is 4.28. The lowest BCUT2D eigenvalue weighted by molar-refractivity contribution is 0.414. The van der Waals surface area contributed by atoms with E-state index in [9.17, 15) is 5.11 Å². The molecule has 4 rings (SSSR count). The summed E-state index contributed by atoms with van der Waals surface area (Å²) < 4.78 is 5.39. The zero-order valence-corrected chi connectivity index (χ0v) is 15.3. The standard InChI is InChI=1S/C23H19N3O2/c1-28-21-12-5-2-7-16(21)13-14-22-25-20-11-4-3-10-19(20)23(26-22)24-17-8-6-9-18(27)15-17/h2-15,27H,1H3,(H,24,25,26)/b14-13+. The molecule has 0 fully saturated rings. The Labute approximate surface area is 163 Å². The van der Waals surface area contributed by atoms with Crippen molar-refractivity contribution in [1.29, 1.82) is 0 Å². The Morgan fingerprint density at radius 2 is 1.71 bits per heavy atom. The Balaban J connectivity index is 1.74. The second kappa shape index (κ2) is 7.80. The first-order valence-electron chi connectivity index (χ1n) is 8.87. The fraction of sp³-hybridized carbons (Fsp3) is 0.0435. The summed E-state index contributed by atoms with van der Waals surface area (Å²) in [7, 11) is 1.65. The van der Waals surface area contributed by atoms with E-state index in [0.29, 0.717) is 11.6 Å². The molecule has 0 aliphatic rings. The molecule has 0 radical (unpaired) electrons. The number of phenolic OH excluding ortho intramolecular Hbond substituents is 1. The lowest BCUT2D eigenvalue weighted by Crippen LogP contribution is -1.99. The quantitative estimate of drug-likeness (QED) is 0.502. The fourth-order valence-electron chi connectivity index (χ4n) is 2.95. The Bertz CT molecular complexity index is 1160. The topological polar surface area (TPSA) is 67.3 Å². The fourth-order valence-corrected chi connectivity index (χ4v) is 2.95. The Morgan fingerprint density at radius 1 is 0.893 bits per heavy atom.